The maximum Gasteiger partial charge on any atom is 0.311 e. The minimum absolute atomic E-state index is 0.165. The van der Waals surface area contributed by atoms with Crippen LogP contribution in [0.2, 0.25) is 0 Å². The van der Waals surface area contributed by atoms with Crippen LogP contribution in [0.15, 0.2) is 35.8 Å². The summed E-state index contributed by atoms with van der Waals surface area (Å²) in [5, 5.41) is 19.8. The number of phenols is 1. The van der Waals surface area contributed by atoms with Gasteiger partial charge in [-0.2, -0.15) is 0 Å². The SMILES string of the molecule is C=C[C@@H](C)N1C(=O)S/C(=C\c2ccc(O)c([N+](=O)[O-])c2)C1=O. The van der Waals surface area contributed by atoms with Gasteiger partial charge in [0.2, 0.25) is 0 Å². The van der Waals surface area contributed by atoms with Crippen molar-refractivity contribution in [3.63, 3.8) is 0 Å². The fourth-order valence-corrected chi connectivity index (χ4v) is 2.78. The summed E-state index contributed by atoms with van der Waals surface area (Å²) in [6.07, 6.45) is 2.86. The van der Waals surface area contributed by atoms with Gasteiger partial charge in [-0.25, -0.2) is 0 Å². The van der Waals surface area contributed by atoms with E-state index in [4.69, 9.17) is 0 Å². The van der Waals surface area contributed by atoms with Gasteiger partial charge in [-0.1, -0.05) is 12.1 Å². The molecule has 1 aliphatic rings. The fourth-order valence-electron chi connectivity index (χ4n) is 1.86. The number of carbonyl (C=O) groups excluding carboxylic acids is 2. The van der Waals surface area contributed by atoms with Crippen molar-refractivity contribution in [3.05, 3.63) is 51.4 Å². The minimum atomic E-state index is -0.724. The second-order valence-electron chi connectivity index (χ2n) is 4.53. The molecule has 2 rings (SSSR count). The number of benzene rings is 1. The number of amides is 2. The van der Waals surface area contributed by atoms with Gasteiger partial charge in [0.1, 0.15) is 0 Å². The first-order valence-corrected chi connectivity index (χ1v) is 7.04. The van der Waals surface area contributed by atoms with E-state index in [0.29, 0.717) is 5.56 Å². The zero-order valence-corrected chi connectivity index (χ0v) is 12.4. The molecule has 2 amide bonds. The van der Waals surface area contributed by atoms with E-state index < -0.39 is 33.5 Å². The number of nitrogens with zero attached hydrogens (tertiary/aromatic N) is 2. The quantitative estimate of drug-likeness (QED) is 0.396. The molecule has 0 saturated carbocycles. The van der Waals surface area contributed by atoms with Gasteiger partial charge >= 0.3 is 5.69 Å². The van der Waals surface area contributed by atoms with Crippen LogP contribution in [0, 0.1) is 10.1 Å². The first kappa shape index (κ1) is 15.8. The van der Waals surface area contributed by atoms with Crippen molar-refractivity contribution in [1.82, 2.24) is 4.90 Å². The Hall–Kier alpha value is -2.61. The van der Waals surface area contributed by atoms with E-state index in [-0.39, 0.29) is 4.91 Å². The summed E-state index contributed by atoms with van der Waals surface area (Å²) in [5.41, 5.74) is -0.117. The van der Waals surface area contributed by atoms with Crippen LogP contribution in [0.4, 0.5) is 10.5 Å². The molecule has 1 atom stereocenters. The average molecular weight is 320 g/mol. The molecule has 0 aromatic heterocycles. The van der Waals surface area contributed by atoms with E-state index >= 15 is 0 Å². The molecule has 22 heavy (non-hydrogen) atoms. The Kier molecular flexibility index (Phi) is 4.32. The summed E-state index contributed by atoms with van der Waals surface area (Å²) in [7, 11) is 0. The van der Waals surface area contributed by atoms with Gasteiger partial charge in [-0.3, -0.25) is 24.6 Å². The monoisotopic (exact) mass is 320 g/mol. The first-order valence-electron chi connectivity index (χ1n) is 6.22. The van der Waals surface area contributed by atoms with Gasteiger partial charge in [0, 0.05) is 6.07 Å². The van der Waals surface area contributed by atoms with Crippen LogP contribution in [-0.2, 0) is 4.79 Å². The van der Waals surface area contributed by atoms with Crippen molar-refractivity contribution in [2.45, 2.75) is 13.0 Å². The number of phenolic OH excluding ortho intramolecular Hbond substituents is 1. The van der Waals surface area contributed by atoms with E-state index in [0.717, 1.165) is 22.7 Å². The molecule has 1 aromatic carbocycles. The van der Waals surface area contributed by atoms with Crippen LogP contribution in [0.25, 0.3) is 6.08 Å². The van der Waals surface area contributed by atoms with Gasteiger partial charge < -0.3 is 5.11 Å². The van der Waals surface area contributed by atoms with Gasteiger partial charge in [-0.15, -0.1) is 6.58 Å². The molecule has 0 unspecified atom stereocenters. The molecule has 1 aromatic rings. The molecule has 0 spiro atoms. The molecule has 1 saturated heterocycles. The van der Waals surface area contributed by atoms with Crippen molar-refractivity contribution in [1.29, 1.82) is 0 Å². The zero-order valence-electron chi connectivity index (χ0n) is 11.6. The molecule has 0 aliphatic carbocycles. The van der Waals surface area contributed by atoms with Crippen molar-refractivity contribution in [2.24, 2.45) is 0 Å². The molecule has 8 heteroatoms. The van der Waals surface area contributed by atoms with Crippen molar-refractivity contribution in [2.75, 3.05) is 0 Å². The number of hydrogen-bond acceptors (Lipinski definition) is 6. The summed E-state index contributed by atoms with van der Waals surface area (Å²) < 4.78 is 0. The first-order chi connectivity index (χ1) is 10.3. The Morgan fingerprint density at radius 3 is 2.73 bits per heavy atom. The van der Waals surface area contributed by atoms with E-state index in [1.165, 1.54) is 24.3 Å². The van der Waals surface area contributed by atoms with Crippen LogP contribution < -0.4 is 0 Å². The molecule has 1 N–H and O–H groups in total. The van der Waals surface area contributed by atoms with Crippen molar-refractivity contribution < 1.29 is 19.6 Å². The highest BCUT2D eigenvalue weighted by Crippen LogP contribution is 2.35. The summed E-state index contributed by atoms with van der Waals surface area (Å²) in [4.78, 5) is 35.3. The lowest BCUT2D eigenvalue weighted by atomic mass is 10.1. The third-order valence-electron chi connectivity index (χ3n) is 3.07. The maximum absolute atomic E-state index is 12.2. The fraction of sp³-hybridized carbons (Fsp3) is 0.143. The topological polar surface area (TPSA) is 101 Å². The van der Waals surface area contributed by atoms with Crippen LogP contribution in [0.1, 0.15) is 12.5 Å². The summed E-state index contributed by atoms with van der Waals surface area (Å²) in [6, 6.07) is 3.29. The van der Waals surface area contributed by atoms with Gasteiger partial charge in [0.25, 0.3) is 11.1 Å². The number of imide groups is 1. The predicted molar refractivity (Wildman–Crippen MR) is 82.2 cm³/mol. The Morgan fingerprint density at radius 1 is 1.45 bits per heavy atom. The summed E-state index contributed by atoms with van der Waals surface area (Å²) in [6.45, 7) is 5.21. The highest BCUT2D eigenvalue weighted by molar-refractivity contribution is 8.18. The number of aromatic hydroxyl groups is 1. The van der Waals surface area contributed by atoms with Crippen LogP contribution in [0.5, 0.6) is 5.75 Å². The van der Waals surface area contributed by atoms with Crippen LogP contribution >= 0.6 is 11.8 Å². The van der Waals surface area contributed by atoms with Gasteiger partial charge in [0.15, 0.2) is 5.75 Å². The molecule has 0 bridgehead atoms. The normalized spacial score (nSPS) is 17.9. The Morgan fingerprint density at radius 2 is 2.14 bits per heavy atom. The standard InChI is InChI=1S/C14H12N2O5S/c1-3-8(2)15-13(18)12(22-14(15)19)7-9-4-5-11(17)10(6-9)16(20)21/h3-8,17H,1H2,2H3/b12-7-/t8-/m1/s1. The Labute approximate surface area is 130 Å². The molecule has 0 radical (unpaired) electrons. The summed E-state index contributed by atoms with van der Waals surface area (Å²) >= 11 is 0.757. The van der Waals surface area contributed by atoms with E-state index in [1.807, 2.05) is 0 Å². The smallest absolute Gasteiger partial charge is 0.311 e. The number of hydrogen-bond donors (Lipinski definition) is 1. The molecule has 1 heterocycles. The van der Waals surface area contributed by atoms with E-state index in [9.17, 15) is 24.8 Å². The highest BCUT2D eigenvalue weighted by Gasteiger charge is 2.37. The molecular weight excluding hydrogens is 308 g/mol. The number of rotatable bonds is 4. The number of thioether (sulfide) groups is 1. The number of nitro benzene ring substituents is 1. The number of carbonyl (C=O) groups is 2. The third-order valence-corrected chi connectivity index (χ3v) is 3.95. The van der Waals surface area contributed by atoms with E-state index in [2.05, 4.69) is 6.58 Å². The lowest BCUT2D eigenvalue weighted by Gasteiger charge is -2.17. The van der Waals surface area contributed by atoms with E-state index in [1.54, 1.807) is 6.92 Å². The Balaban J connectivity index is 2.37. The summed E-state index contributed by atoms with van der Waals surface area (Å²) in [5.74, 6) is -0.936. The highest BCUT2D eigenvalue weighted by atomic mass is 32.2. The number of nitro groups is 1. The zero-order chi connectivity index (χ0) is 16.4. The third kappa shape index (κ3) is 2.86. The average Bonchev–Trinajstić information content (AvgIpc) is 2.74. The molecule has 1 aliphatic heterocycles. The molecule has 1 fully saturated rings. The molecule has 7 nitrogen and oxygen atoms in total. The molecular formula is C14H12N2O5S. The second-order valence-corrected chi connectivity index (χ2v) is 5.53. The van der Waals surface area contributed by atoms with Crippen LogP contribution in [-0.4, -0.2) is 32.1 Å². The second kappa shape index (κ2) is 6.02. The maximum atomic E-state index is 12.2. The Bertz CT molecular complexity index is 713. The lowest BCUT2D eigenvalue weighted by molar-refractivity contribution is -0.385. The largest absolute Gasteiger partial charge is 0.502 e. The minimum Gasteiger partial charge on any atom is -0.502 e. The predicted octanol–water partition coefficient (Wildman–Crippen LogP) is 2.91. The van der Waals surface area contributed by atoms with Gasteiger partial charge in [-0.05, 0) is 36.4 Å². The van der Waals surface area contributed by atoms with Crippen molar-refractivity contribution >= 4 is 34.7 Å². The van der Waals surface area contributed by atoms with Gasteiger partial charge in [0.05, 0.1) is 15.9 Å². The molecule has 114 valence electrons. The lowest BCUT2D eigenvalue weighted by Crippen LogP contribution is -2.35. The van der Waals surface area contributed by atoms with Crippen molar-refractivity contribution in [3.8, 4) is 5.75 Å². The van der Waals surface area contributed by atoms with Crippen LogP contribution in [0.3, 0.4) is 0 Å².